The van der Waals surface area contributed by atoms with E-state index < -0.39 is 5.82 Å². The van der Waals surface area contributed by atoms with E-state index in [2.05, 4.69) is 27.6 Å². The predicted molar refractivity (Wildman–Crippen MR) is 85.0 cm³/mol. The van der Waals surface area contributed by atoms with Crippen LogP contribution in [0.5, 0.6) is 0 Å². The Labute approximate surface area is 132 Å². The molecule has 0 fully saturated rings. The molecule has 6 heteroatoms. The van der Waals surface area contributed by atoms with Crippen molar-refractivity contribution in [3.05, 3.63) is 67.5 Å². The maximum Gasteiger partial charge on any atom is 0.266 e. The molecule has 0 saturated carbocycles. The number of rotatable bonds is 1. The van der Waals surface area contributed by atoms with Crippen molar-refractivity contribution in [2.75, 3.05) is 0 Å². The van der Waals surface area contributed by atoms with Gasteiger partial charge in [0, 0.05) is 3.57 Å². The van der Waals surface area contributed by atoms with E-state index in [-0.39, 0.29) is 10.8 Å². The topological polar surface area (TPSA) is 34.9 Å². The molecule has 0 aliphatic rings. The van der Waals surface area contributed by atoms with Crippen molar-refractivity contribution < 1.29 is 4.39 Å². The fourth-order valence-corrected chi connectivity index (χ4v) is 2.73. The molecule has 0 unspecified atom stereocenters. The number of aromatic nitrogens is 2. The lowest BCUT2D eigenvalue weighted by atomic mass is 10.2. The summed E-state index contributed by atoms with van der Waals surface area (Å²) in [5.74, 6) is -0.437. The van der Waals surface area contributed by atoms with E-state index in [0.29, 0.717) is 16.6 Å². The monoisotopic (exact) mass is 400 g/mol. The van der Waals surface area contributed by atoms with E-state index in [1.54, 1.807) is 18.2 Å². The van der Waals surface area contributed by atoms with Gasteiger partial charge in [0.05, 0.1) is 16.6 Å². The Balaban J connectivity index is 2.39. The third-order valence-electron chi connectivity index (χ3n) is 2.86. The zero-order valence-electron chi connectivity index (χ0n) is 9.98. The van der Waals surface area contributed by atoms with Crippen molar-refractivity contribution in [1.29, 1.82) is 0 Å². The van der Waals surface area contributed by atoms with E-state index in [4.69, 9.17) is 11.6 Å². The highest BCUT2D eigenvalue weighted by Crippen LogP contribution is 2.18. The molecule has 20 heavy (non-hydrogen) atoms. The summed E-state index contributed by atoms with van der Waals surface area (Å²) in [4.78, 5) is 16.7. The third-order valence-corrected chi connectivity index (χ3v) is 3.78. The molecule has 3 aromatic rings. The van der Waals surface area contributed by atoms with E-state index >= 15 is 0 Å². The number of halogens is 3. The maximum absolute atomic E-state index is 13.3. The van der Waals surface area contributed by atoms with Gasteiger partial charge < -0.3 is 0 Å². The zero-order chi connectivity index (χ0) is 14.3. The summed E-state index contributed by atoms with van der Waals surface area (Å²) in [6, 6.07) is 11.0. The van der Waals surface area contributed by atoms with Gasteiger partial charge in [-0.1, -0.05) is 6.07 Å². The number of benzene rings is 2. The Morgan fingerprint density at radius 1 is 1.20 bits per heavy atom. The van der Waals surface area contributed by atoms with Crippen LogP contribution in [0.3, 0.4) is 0 Å². The lowest BCUT2D eigenvalue weighted by molar-refractivity contribution is 0.626. The van der Waals surface area contributed by atoms with Crippen LogP contribution in [0, 0.1) is 9.39 Å². The second-order valence-corrected chi connectivity index (χ2v) is 5.75. The smallest absolute Gasteiger partial charge is 0.266 e. The largest absolute Gasteiger partial charge is 0.268 e. The van der Waals surface area contributed by atoms with Crippen LogP contribution < -0.4 is 5.56 Å². The molecule has 0 saturated heterocycles. The van der Waals surface area contributed by atoms with Gasteiger partial charge in [0.2, 0.25) is 5.28 Å². The fraction of sp³-hybridized carbons (Fsp3) is 0. The Morgan fingerprint density at radius 3 is 2.75 bits per heavy atom. The summed E-state index contributed by atoms with van der Waals surface area (Å²) in [5, 5.41) is 0.458. The van der Waals surface area contributed by atoms with Crippen LogP contribution in [0.25, 0.3) is 16.6 Å². The number of fused-ring (bicyclic) bond motifs is 1. The highest BCUT2D eigenvalue weighted by molar-refractivity contribution is 14.1. The summed E-state index contributed by atoms with van der Waals surface area (Å²) in [6.45, 7) is 0. The van der Waals surface area contributed by atoms with Gasteiger partial charge in [0.1, 0.15) is 5.82 Å². The van der Waals surface area contributed by atoms with Crippen LogP contribution in [-0.2, 0) is 0 Å². The Morgan fingerprint density at radius 2 is 2.00 bits per heavy atom. The molecule has 100 valence electrons. The van der Waals surface area contributed by atoms with Gasteiger partial charge in [0.15, 0.2) is 0 Å². The normalized spacial score (nSPS) is 10.9. The predicted octanol–water partition coefficient (Wildman–Crippen LogP) is 3.78. The van der Waals surface area contributed by atoms with Gasteiger partial charge in [-0.25, -0.2) is 9.37 Å². The van der Waals surface area contributed by atoms with Gasteiger partial charge in [-0.15, -0.1) is 0 Å². The van der Waals surface area contributed by atoms with Crippen LogP contribution in [0.15, 0.2) is 47.3 Å². The van der Waals surface area contributed by atoms with Crippen molar-refractivity contribution >= 4 is 45.1 Å². The molecule has 1 heterocycles. The van der Waals surface area contributed by atoms with Crippen LogP contribution in [-0.4, -0.2) is 9.55 Å². The summed E-state index contributed by atoms with van der Waals surface area (Å²) in [7, 11) is 0. The Bertz CT molecular complexity index is 879. The average Bonchev–Trinajstić information content (AvgIpc) is 2.40. The Kier molecular flexibility index (Phi) is 3.47. The molecule has 0 amide bonds. The first-order valence-electron chi connectivity index (χ1n) is 5.70. The quantitative estimate of drug-likeness (QED) is 0.460. The number of hydrogen-bond donors (Lipinski definition) is 0. The first-order valence-corrected chi connectivity index (χ1v) is 7.16. The minimum atomic E-state index is -0.437. The molecule has 2 aromatic carbocycles. The molecular weight excluding hydrogens is 394 g/mol. The first-order chi connectivity index (χ1) is 9.56. The molecule has 0 bridgehead atoms. The molecule has 3 rings (SSSR count). The van der Waals surface area contributed by atoms with E-state index in [9.17, 15) is 9.18 Å². The van der Waals surface area contributed by atoms with E-state index in [1.807, 2.05) is 6.07 Å². The van der Waals surface area contributed by atoms with Crippen molar-refractivity contribution in [3.63, 3.8) is 0 Å². The molecule has 0 atom stereocenters. The lowest BCUT2D eigenvalue weighted by Gasteiger charge is -2.09. The third kappa shape index (κ3) is 2.31. The van der Waals surface area contributed by atoms with Gasteiger partial charge >= 0.3 is 0 Å². The van der Waals surface area contributed by atoms with Crippen LogP contribution in [0.1, 0.15) is 0 Å². The maximum atomic E-state index is 13.3. The minimum Gasteiger partial charge on any atom is -0.268 e. The summed E-state index contributed by atoms with van der Waals surface area (Å²) >= 11 is 8.18. The van der Waals surface area contributed by atoms with E-state index in [0.717, 1.165) is 3.57 Å². The minimum absolute atomic E-state index is 0.00862. The first kappa shape index (κ1) is 13.5. The SMILES string of the molecule is O=c1c2cc(I)ccc2nc(Cl)n1-c1cccc(F)c1. The van der Waals surface area contributed by atoms with Crippen molar-refractivity contribution in [1.82, 2.24) is 9.55 Å². The van der Waals surface area contributed by atoms with Crippen molar-refractivity contribution in [2.45, 2.75) is 0 Å². The Hall–Kier alpha value is -1.47. The standard InChI is InChI=1S/C14H7ClFIN2O/c15-14-18-12-5-4-9(17)7-11(12)13(20)19(14)10-3-1-2-8(16)6-10/h1-7H. The van der Waals surface area contributed by atoms with Crippen molar-refractivity contribution in [3.8, 4) is 5.69 Å². The molecule has 0 spiro atoms. The van der Waals surface area contributed by atoms with Gasteiger partial charge in [-0.05, 0) is 70.6 Å². The van der Waals surface area contributed by atoms with E-state index in [1.165, 1.54) is 22.8 Å². The summed E-state index contributed by atoms with van der Waals surface area (Å²) < 4.78 is 15.4. The summed E-state index contributed by atoms with van der Waals surface area (Å²) in [5.41, 5.74) is 0.561. The van der Waals surface area contributed by atoms with Crippen LogP contribution >= 0.6 is 34.2 Å². The molecule has 3 nitrogen and oxygen atoms in total. The molecule has 0 N–H and O–H groups in total. The lowest BCUT2D eigenvalue weighted by Crippen LogP contribution is -2.20. The number of hydrogen-bond acceptors (Lipinski definition) is 2. The highest BCUT2D eigenvalue weighted by Gasteiger charge is 2.11. The molecule has 0 aliphatic heterocycles. The fourth-order valence-electron chi connectivity index (χ4n) is 1.97. The second-order valence-electron chi connectivity index (χ2n) is 4.16. The molecule has 0 aliphatic carbocycles. The van der Waals surface area contributed by atoms with Gasteiger partial charge in [0.25, 0.3) is 5.56 Å². The van der Waals surface area contributed by atoms with Gasteiger partial charge in [-0.2, -0.15) is 0 Å². The van der Waals surface area contributed by atoms with Crippen molar-refractivity contribution in [2.24, 2.45) is 0 Å². The summed E-state index contributed by atoms with van der Waals surface area (Å²) in [6.07, 6.45) is 0. The highest BCUT2D eigenvalue weighted by atomic mass is 127. The average molecular weight is 401 g/mol. The van der Waals surface area contributed by atoms with Crippen LogP contribution in [0.2, 0.25) is 5.28 Å². The van der Waals surface area contributed by atoms with Crippen LogP contribution in [0.4, 0.5) is 4.39 Å². The number of nitrogens with zero attached hydrogens (tertiary/aromatic N) is 2. The second kappa shape index (κ2) is 5.14. The van der Waals surface area contributed by atoms with Gasteiger partial charge in [-0.3, -0.25) is 9.36 Å². The zero-order valence-corrected chi connectivity index (χ0v) is 12.9. The molecular formula is C14H7ClFIN2O. The molecule has 0 radical (unpaired) electrons. The molecule has 1 aromatic heterocycles.